The molecule has 8 atom stereocenters. The number of carboxylic acids is 3. The SMILES string of the molecule is CSCC[C@H](NC(=O)CN)C(=O)N1CCC[C@H]1C(=O)N[C@@H](CCC(=O)O)C(=O)N[C@@H](CC(=O)O)C(=O)N[C@@H](CC(C)C)C(=O)N[C@H](C(=O)N[C@@H](Cc1ccc(O)cc1)C(=O)N[C@H](C(=O)O)C(C)C)C(C)C. The average molecular weight is 1020 g/mol. The molecule has 0 radical (unpaired) electrons. The van der Waals surface area contributed by atoms with Crippen LogP contribution in [-0.4, -0.2) is 164 Å². The van der Waals surface area contributed by atoms with Gasteiger partial charge in [-0.1, -0.05) is 53.7 Å². The summed E-state index contributed by atoms with van der Waals surface area (Å²) in [6, 6.07) is -5.52. The zero-order valence-electron chi connectivity index (χ0n) is 41.2. The third-order valence-corrected chi connectivity index (χ3v) is 12.0. The molecule has 1 aliphatic heterocycles. The standard InChI is InChI=1S/C46H71N9O15S/c1-23(2)19-30(41(64)53-37(24(3)4)44(67)52-31(20-26-10-12-27(56)13-11-26)42(65)54-38(25(5)6)46(69)70)50-40(63)32(21-36(60)61)51-39(62)28(14-15-35(58)59)49-43(66)33-9-8-17-55(33)45(68)29(16-18-71-7)48-34(57)22-47/h10-13,23-25,28-33,37-38,56H,8-9,14-22,47H2,1-7H3,(H,48,57)(H,49,66)(H,50,63)(H,51,62)(H,52,67)(H,53,64)(H,54,65)(H,58,59)(H,60,61)(H,69,70)/t28-,29-,30-,31-,32-,33-,37-,38-/m0/s1. The van der Waals surface area contributed by atoms with Crippen LogP contribution in [0.5, 0.6) is 5.75 Å². The second-order valence-electron chi connectivity index (χ2n) is 18.4. The van der Waals surface area contributed by atoms with Gasteiger partial charge >= 0.3 is 17.9 Å². The number of amides is 8. The molecule has 396 valence electrons. The molecule has 0 spiro atoms. The number of thioether (sulfide) groups is 1. The van der Waals surface area contributed by atoms with E-state index in [9.17, 15) is 73.2 Å². The van der Waals surface area contributed by atoms with E-state index in [2.05, 4.69) is 37.2 Å². The lowest BCUT2D eigenvalue weighted by Crippen LogP contribution is -2.61. The fourth-order valence-electron chi connectivity index (χ4n) is 7.58. The topological polar surface area (TPSA) is 382 Å². The van der Waals surface area contributed by atoms with Crippen LogP contribution in [0.25, 0.3) is 0 Å². The number of nitrogens with two attached hydrogens (primary N) is 1. The maximum atomic E-state index is 14.0. The zero-order chi connectivity index (χ0) is 53.7. The lowest BCUT2D eigenvalue weighted by Gasteiger charge is -2.30. The van der Waals surface area contributed by atoms with Gasteiger partial charge in [0.05, 0.1) is 13.0 Å². The number of aliphatic carboxylic acids is 3. The number of carbonyl (C=O) groups is 11. The van der Waals surface area contributed by atoms with E-state index in [1.165, 1.54) is 40.9 Å². The van der Waals surface area contributed by atoms with Crippen molar-refractivity contribution in [3.8, 4) is 5.75 Å². The summed E-state index contributed by atoms with van der Waals surface area (Å²) in [6.45, 7) is 9.48. The fourth-order valence-corrected chi connectivity index (χ4v) is 8.05. The van der Waals surface area contributed by atoms with Crippen LogP contribution in [0.4, 0.5) is 0 Å². The largest absolute Gasteiger partial charge is 0.508 e. The van der Waals surface area contributed by atoms with Crippen molar-refractivity contribution in [2.45, 2.75) is 141 Å². The number of phenols is 1. The quantitative estimate of drug-likeness (QED) is 0.0431. The number of carboxylic acid groups (broad SMARTS) is 3. The van der Waals surface area contributed by atoms with Gasteiger partial charge in [0.1, 0.15) is 54.1 Å². The first-order valence-corrected chi connectivity index (χ1v) is 24.7. The third-order valence-electron chi connectivity index (χ3n) is 11.4. The highest BCUT2D eigenvalue weighted by Crippen LogP contribution is 2.21. The molecular weight excluding hydrogens is 951 g/mol. The van der Waals surface area contributed by atoms with Crippen molar-refractivity contribution in [1.82, 2.24) is 42.1 Å². The van der Waals surface area contributed by atoms with E-state index >= 15 is 0 Å². The Balaban J connectivity index is 2.38. The minimum atomic E-state index is -1.90. The lowest BCUT2D eigenvalue weighted by atomic mass is 9.98. The van der Waals surface area contributed by atoms with Crippen molar-refractivity contribution < 1.29 is 73.2 Å². The summed E-state index contributed by atoms with van der Waals surface area (Å²) in [5.74, 6) is -12.3. The smallest absolute Gasteiger partial charge is 0.326 e. The first-order valence-electron chi connectivity index (χ1n) is 23.3. The molecule has 0 aromatic heterocycles. The van der Waals surface area contributed by atoms with Crippen molar-refractivity contribution in [2.75, 3.05) is 25.1 Å². The van der Waals surface area contributed by atoms with Crippen LogP contribution in [0.3, 0.4) is 0 Å². The molecule has 1 aromatic rings. The minimum Gasteiger partial charge on any atom is -0.508 e. The minimum absolute atomic E-state index is 0.0677. The molecule has 8 amide bonds. The molecule has 1 aliphatic rings. The fraction of sp³-hybridized carbons (Fsp3) is 0.630. The van der Waals surface area contributed by atoms with Gasteiger partial charge in [-0.25, -0.2) is 4.79 Å². The van der Waals surface area contributed by atoms with Gasteiger partial charge in [0.25, 0.3) is 0 Å². The molecule has 1 aromatic carbocycles. The highest BCUT2D eigenvalue weighted by molar-refractivity contribution is 7.98. The monoisotopic (exact) mass is 1020 g/mol. The number of nitrogens with one attached hydrogen (secondary N) is 7. The van der Waals surface area contributed by atoms with Crippen LogP contribution in [0.2, 0.25) is 0 Å². The molecule has 1 saturated heterocycles. The van der Waals surface area contributed by atoms with Crippen molar-refractivity contribution in [3.05, 3.63) is 29.8 Å². The van der Waals surface area contributed by atoms with E-state index < -0.39 is 145 Å². The molecular formula is C46H71N9O15S. The molecule has 1 heterocycles. The maximum absolute atomic E-state index is 14.0. The lowest BCUT2D eigenvalue weighted by molar-refractivity contribution is -0.144. The Morgan fingerprint density at radius 2 is 1.21 bits per heavy atom. The second-order valence-corrected chi connectivity index (χ2v) is 19.4. The zero-order valence-corrected chi connectivity index (χ0v) is 42.0. The van der Waals surface area contributed by atoms with E-state index in [0.29, 0.717) is 17.7 Å². The Morgan fingerprint density at radius 3 is 1.75 bits per heavy atom. The predicted molar refractivity (Wildman–Crippen MR) is 258 cm³/mol. The van der Waals surface area contributed by atoms with Gasteiger partial charge < -0.3 is 68.3 Å². The highest BCUT2D eigenvalue weighted by Gasteiger charge is 2.40. The molecule has 71 heavy (non-hydrogen) atoms. The van der Waals surface area contributed by atoms with Gasteiger partial charge in [0, 0.05) is 19.4 Å². The number of benzene rings is 1. The van der Waals surface area contributed by atoms with Gasteiger partial charge in [0.2, 0.25) is 47.3 Å². The third kappa shape index (κ3) is 20.4. The molecule has 0 bridgehead atoms. The van der Waals surface area contributed by atoms with Gasteiger partial charge in [-0.2, -0.15) is 11.8 Å². The molecule has 13 N–H and O–H groups in total. The van der Waals surface area contributed by atoms with Crippen molar-refractivity contribution >= 4 is 76.9 Å². The Kier molecular flexibility index (Phi) is 25.3. The van der Waals surface area contributed by atoms with E-state index in [4.69, 9.17) is 5.73 Å². The predicted octanol–water partition coefficient (Wildman–Crippen LogP) is -1.19. The maximum Gasteiger partial charge on any atom is 0.326 e. The summed E-state index contributed by atoms with van der Waals surface area (Å²) in [5, 5.41) is 56.1. The summed E-state index contributed by atoms with van der Waals surface area (Å²) in [4.78, 5) is 146. The molecule has 2 rings (SSSR count). The number of phenolic OH excluding ortho intramolecular Hbond substituents is 1. The normalized spacial score (nSPS) is 16.3. The van der Waals surface area contributed by atoms with E-state index in [1.54, 1.807) is 47.8 Å². The average Bonchev–Trinajstić information content (AvgIpc) is 3.79. The van der Waals surface area contributed by atoms with Gasteiger partial charge in [-0.15, -0.1) is 0 Å². The molecule has 0 saturated carbocycles. The summed E-state index contributed by atoms with van der Waals surface area (Å²) >= 11 is 1.42. The van der Waals surface area contributed by atoms with E-state index in [-0.39, 0.29) is 50.4 Å². The second kappa shape index (κ2) is 29.6. The Hall–Kier alpha value is -6.50. The summed E-state index contributed by atoms with van der Waals surface area (Å²) < 4.78 is 0. The molecule has 25 heteroatoms. The first kappa shape index (κ1) is 60.6. The van der Waals surface area contributed by atoms with Crippen LogP contribution in [0.1, 0.15) is 92.1 Å². The van der Waals surface area contributed by atoms with Crippen molar-refractivity contribution in [2.24, 2.45) is 23.5 Å². The van der Waals surface area contributed by atoms with E-state index in [1.807, 2.05) is 0 Å². The van der Waals surface area contributed by atoms with Gasteiger partial charge in [0.15, 0.2) is 0 Å². The summed E-state index contributed by atoms with van der Waals surface area (Å²) in [5.41, 5.74) is 5.93. The summed E-state index contributed by atoms with van der Waals surface area (Å²) in [7, 11) is 0. The number of aromatic hydroxyl groups is 1. The number of rotatable bonds is 30. The van der Waals surface area contributed by atoms with Crippen LogP contribution in [0.15, 0.2) is 24.3 Å². The number of hydrogen-bond donors (Lipinski definition) is 12. The molecule has 24 nitrogen and oxygen atoms in total. The summed E-state index contributed by atoms with van der Waals surface area (Å²) in [6.07, 6.45) is 0.101. The molecule has 0 aliphatic carbocycles. The van der Waals surface area contributed by atoms with Crippen molar-refractivity contribution in [3.63, 3.8) is 0 Å². The van der Waals surface area contributed by atoms with E-state index in [0.717, 1.165) is 0 Å². The van der Waals surface area contributed by atoms with Crippen LogP contribution in [0, 0.1) is 17.8 Å². The number of carbonyl (C=O) groups excluding carboxylic acids is 8. The molecule has 1 fully saturated rings. The Morgan fingerprint density at radius 1 is 0.662 bits per heavy atom. The Bertz CT molecular complexity index is 2060. The van der Waals surface area contributed by atoms with Gasteiger partial charge in [-0.3, -0.25) is 47.9 Å². The van der Waals surface area contributed by atoms with Crippen LogP contribution >= 0.6 is 11.8 Å². The first-order chi connectivity index (χ1) is 33.3. The number of hydrogen-bond acceptors (Lipinski definition) is 14. The number of nitrogens with zero attached hydrogens (tertiary/aromatic N) is 1. The van der Waals surface area contributed by atoms with Gasteiger partial charge in [-0.05, 0) is 79.6 Å². The Labute approximate surface area is 416 Å². The number of likely N-dealkylation sites (tertiary alicyclic amines) is 1. The highest BCUT2D eigenvalue weighted by atomic mass is 32.2. The van der Waals surface area contributed by atoms with Crippen LogP contribution < -0.4 is 43.0 Å². The molecule has 0 unspecified atom stereocenters. The van der Waals surface area contributed by atoms with Crippen LogP contribution in [-0.2, 0) is 59.2 Å². The van der Waals surface area contributed by atoms with Crippen molar-refractivity contribution in [1.29, 1.82) is 0 Å².